The predicted octanol–water partition coefficient (Wildman–Crippen LogP) is 1.03. The summed E-state index contributed by atoms with van der Waals surface area (Å²) in [6, 6.07) is 16.3. The molecule has 2 N–H and O–H groups in total. The molecule has 0 saturated carbocycles. The van der Waals surface area contributed by atoms with Crippen molar-refractivity contribution >= 4 is 18.6 Å². The van der Waals surface area contributed by atoms with Gasteiger partial charge in [0.15, 0.2) is 0 Å². The van der Waals surface area contributed by atoms with E-state index in [0.29, 0.717) is 27.4 Å². The Morgan fingerprint density at radius 1 is 1.12 bits per heavy atom. The van der Waals surface area contributed by atoms with Gasteiger partial charge >= 0.3 is 5.97 Å². The first-order valence-electron chi connectivity index (χ1n) is 7.43. The number of aromatic amines is 1. The lowest BCUT2D eigenvalue weighted by Gasteiger charge is -2.01. The van der Waals surface area contributed by atoms with Crippen molar-refractivity contribution in [2.75, 3.05) is 0 Å². The smallest absolute Gasteiger partial charge is 0.307 e. The zero-order valence-electron chi connectivity index (χ0n) is 12.9. The Balaban J connectivity index is 2.17. The summed E-state index contributed by atoms with van der Waals surface area (Å²) >= 11 is 0. The molecule has 0 aliphatic heterocycles. The predicted molar refractivity (Wildman–Crippen MR) is 92.5 cm³/mol. The van der Waals surface area contributed by atoms with Crippen LogP contribution < -0.4 is 16.1 Å². The van der Waals surface area contributed by atoms with Crippen molar-refractivity contribution in [2.45, 2.75) is 6.42 Å². The van der Waals surface area contributed by atoms with E-state index in [-0.39, 0.29) is 12.0 Å². The van der Waals surface area contributed by atoms with E-state index in [2.05, 4.69) is 11.7 Å². The lowest BCUT2D eigenvalue weighted by Crippen LogP contribution is -2.34. The molecular formula is C19H16N2O3. The number of carbonyl (C=O) groups is 1. The standard InChI is InChI=1S/C19H16N2O3/c1-13-17(11-14-7-5-6-8-15(14)12-18(22)23)19(24)21(20-13)16-9-3-2-4-10-16/h2-11,20H,1,12H2,(H,22,23)/b17-11-. The third-order valence-corrected chi connectivity index (χ3v) is 3.72. The summed E-state index contributed by atoms with van der Waals surface area (Å²) < 4.78 is 1.42. The van der Waals surface area contributed by atoms with Gasteiger partial charge in [0.05, 0.1) is 22.7 Å². The van der Waals surface area contributed by atoms with Crippen LogP contribution in [0.1, 0.15) is 11.1 Å². The molecule has 3 rings (SSSR count). The molecular weight excluding hydrogens is 304 g/mol. The van der Waals surface area contributed by atoms with Crippen molar-refractivity contribution in [3.05, 3.63) is 86.6 Å². The van der Waals surface area contributed by atoms with E-state index in [1.807, 2.05) is 36.4 Å². The Morgan fingerprint density at radius 3 is 2.50 bits per heavy atom. The second-order valence-corrected chi connectivity index (χ2v) is 5.39. The number of para-hydroxylation sites is 1. The summed E-state index contributed by atoms with van der Waals surface area (Å²) in [5.74, 6) is -0.915. The van der Waals surface area contributed by atoms with Crippen LogP contribution in [0.15, 0.2) is 59.4 Å². The minimum Gasteiger partial charge on any atom is -0.481 e. The minimum atomic E-state index is -0.915. The maximum atomic E-state index is 12.7. The first-order valence-corrected chi connectivity index (χ1v) is 7.43. The van der Waals surface area contributed by atoms with Crippen LogP contribution >= 0.6 is 0 Å². The number of H-pyrrole nitrogens is 1. The Hall–Kier alpha value is -3.34. The monoisotopic (exact) mass is 320 g/mol. The maximum absolute atomic E-state index is 12.7. The van der Waals surface area contributed by atoms with E-state index < -0.39 is 5.97 Å². The summed E-state index contributed by atoms with van der Waals surface area (Å²) in [6.07, 6.45) is 1.58. The zero-order chi connectivity index (χ0) is 17.1. The average Bonchev–Trinajstić information content (AvgIpc) is 2.85. The summed E-state index contributed by atoms with van der Waals surface area (Å²) in [4.78, 5) is 23.7. The Labute approximate surface area is 137 Å². The van der Waals surface area contributed by atoms with Crippen molar-refractivity contribution < 1.29 is 9.90 Å². The van der Waals surface area contributed by atoms with Gasteiger partial charge in [-0.1, -0.05) is 49.0 Å². The molecule has 0 unspecified atom stereocenters. The lowest BCUT2D eigenvalue weighted by molar-refractivity contribution is -0.136. The van der Waals surface area contributed by atoms with Crippen LogP contribution in [0.2, 0.25) is 0 Å². The number of hydrogen-bond donors (Lipinski definition) is 2. The molecule has 120 valence electrons. The van der Waals surface area contributed by atoms with Crippen molar-refractivity contribution in [2.24, 2.45) is 0 Å². The van der Waals surface area contributed by atoms with Gasteiger partial charge < -0.3 is 5.11 Å². The number of nitrogens with zero attached hydrogens (tertiary/aromatic N) is 1. The van der Waals surface area contributed by atoms with E-state index >= 15 is 0 Å². The quantitative estimate of drug-likeness (QED) is 0.754. The topological polar surface area (TPSA) is 75.1 Å². The van der Waals surface area contributed by atoms with E-state index in [0.717, 1.165) is 0 Å². The third-order valence-electron chi connectivity index (χ3n) is 3.72. The molecule has 0 aliphatic rings. The molecule has 0 amide bonds. The van der Waals surface area contributed by atoms with Crippen LogP contribution in [0, 0.1) is 0 Å². The highest BCUT2D eigenvalue weighted by Crippen LogP contribution is 2.10. The van der Waals surface area contributed by atoms with Crippen molar-refractivity contribution in [1.29, 1.82) is 0 Å². The molecule has 0 bridgehead atoms. The number of carboxylic acids is 1. The Kier molecular flexibility index (Phi) is 4.16. The highest BCUT2D eigenvalue weighted by atomic mass is 16.4. The molecule has 0 radical (unpaired) electrons. The molecule has 1 aromatic heterocycles. The molecule has 0 spiro atoms. The van der Waals surface area contributed by atoms with E-state index in [1.54, 1.807) is 24.3 Å². The zero-order valence-corrected chi connectivity index (χ0v) is 12.9. The number of nitrogens with one attached hydrogen (secondary N) is 1. The fraction of sp³-hybridized carbons (Fsp3) is 0.0526. The number of aromatic nitrogens is 2. The molecule has 3 aromatic rings. The van der Waals surface area contributed by atoms with Gasteiger partial charge in [0.25, 0.3) is 5.56 Å². The number of rotatable bonds is 4. The summed E-state index contributed by atoms with van der Waals surface area (Å²) in [5, 5.41) is 12.9. The van der Waals surface area contributed by atoms with Gasteiger partial charge in [-0.15, -0.1) is 0 Å². The van der Waals surface area contributed by atoms with E-state index in [1.165, 1.54) is 4.68 Å². The second-order valence-electron chi connectivity index (χ2n) is 5.39. The van der Waals surface area contributed by atoms with Gasteiger partial charge in [0, 0.05) is 0 Å². The van der Waals surface area contributed by atoms with Crippen LogP contribution in [0.5, 0.6) is 0 Å². The van der Waals surface area contributed by atoms with Gasteiger partial charge in [-0.05, 0) is 29.3 Å². The normalized spacial score (nSPS) is 11.6. The van der Waals surface area contributed by atoms with Crippen LogP contribution in [0.25, 0.3) is 18.3 Å². The highest BCUT2D eigenvalue weighted by Gasteiger charge is 2.07. The Bertz CT molecular complexity index is 1050. The molecule has 1 heterocycles. The van der Waals surface area contributed by atoms with Crippen molar-refractivity contribution in [3.8, 4) is 5.69 Å². The van der Waals surface area contributed by atoms with Gasteiger partial charge in [-0.25, -0.2) is 4.68 Å². The number of aliphatic carboxylic acids is 1. The molecule has 0 aliphatic carbocycles. The lowest BCUT2D eigenvalue weighted by atomic mass is 10.0. The third kappa shape index (κ3) is 3.05. The van der Waals surface area contributed by atoms with Gasteiger partial charge in [0.2, 0.25) is 0 Å². The largest absolute Gasteiger partial charge is 0.481 e. The second kappa shape index (κ2) is 6.42. The number of carboxylic acid groups (broad SMARTS) is 1. The SMILES string of the molecule is C=c1[nH]n(-c2ccccc2)c(=O)/c1=C\c1ccccc1CC(=O)O. The first kappa shape index (κ1) is 15.6. The Morgan fingerprint density at radius 2 is 1.79 bits per heavy atom. The van der Waals surface area contributed by atoms with Crippen LogP contribution in [0.4, 0.5) is 0 Å². The fourth-order valence-corrected chi connectivity index (χ4v) is 2.56. The molecule has 24 heavy (non-hydrogen) atoms. The maximum Gasteiger partial charge on any atom is 0.307 e. The van der Waals surface area contributed by atoms with E-state index in [4.69, 9.17) is 5.11 Å². The molecule has 2 aromatic carbocycles. The highest BCUT2D eigenvalue weighted by molar-refractivity contribution is 5.72. The number of hydrogen-bond acceptors (Lipinski definition) is 2. The molecule has 5 heteroatoms. The fourth-order valence-electron chi connectivity index (χ4n) is 2.56. The molecule has 0 saturated heterocycles. The first-order chi connectivity index (χ1) is 11.6. The van der Waals surface area contributed by atoms with Gasteiger partial charge in [0.1, 0.15) is 0 Å². The van der Waals surface area contributed by atoms with Gasteiger partial charge in [-0.3, -0.25) is 14.7 Å². The van der Waals surface area contributed by atoms with Crippen LogP contribution in [0.3, 0.4) is 0 Å². The van der Waals surface area contributed by atoms with E-state index in [9.17, 15) is 9.59 Å². The summed E-state index contributed by atoms with van der Waals surface area (Å²) in [5.41, 5.74) is 1.83. The molecule has 0 atom stereocenters. The van der Waals surface area contributed by atoms with Crippen LogP contribution in [-0.2, 0) is 11.2 Å². The molecule has 0 fully saturated rings. The summed E-state index contributed by atoms with van der Waals surface area (Å²) in [6.45, 7) is 3.89. The average molecular weight is 320 g/mol. The van der Waals surface area contributed by atoms with Gasteiger partial charge in [-0.2, -0.15) is 0 Å². The van der Waals surface area contributed by atoms with Crippen molar-refractivity contribution in [1.82, 2.24) is 9.78 Å². The minimum absolute atomic E-state index is 0.101. The molecule has 5 nitrogen and oxygen atoms in total. The van der Waals surface area contributed by atoms with Crippen molar-refractivity contribution in [3.63, 3.8) is 0 Å². The number of benzene rings is 2. The summed E-state index contributed by atoms with van der Waals surface area (Å²) in [7, 11) is 0. The van der Waals surface area contributed by atoms with Crippen LogP contribution in [-0.4, -0.2) is 20.9 Å².